The Labute approximate surface area is 209 Å². The van der Waals surface area contributed by atoms with Crippen LogP contribution >= 0.6 is 0 Å². The zero-order valence-corrected chi connectivity index (χ0v) is 19.4. The monoisotopic (exact) mass is 518 g/mol. The fourth-order valence-electron chi connectivity index (χ4n) is 3.55. The van der Waals surface area contributed by atoms with Crippen molar-refractivity contribution in [3.63, 3.8) is 0 Å². The van der Waals surface area contributed by atoms with E-state index in [0.29, 0.717) is 11.5 Å². The van der Waals surface area contributed by atoms with E-state index in [4.69, 9.17) is 23.7 Å². The summed E-state index contributed by atoms with van der Waals surface area (Å²) < 4.78 is 65.8. The van der Waals surface area contributed by atoms with Crippen LogP contribution in [0.3, 0.4) is 0 Å². The van der Waals surface area contributed by atoms with E-state index in [-0.39, 0.29) is 30.5 Å². The molecule has 0 radical (unpaired) electrons. The van der Waals surface area contributed by atoms with Gasteiger partial charge in [0.1, 0.15) is 18.1 Å². The number of carbonyl (C=O) groups excluding carboxylic acids is 1. The van der Waals surface area contributed by atoms with Gasteiger partial charge in [-0.1, -0.05) is 42.5 Å². The SMILES string of the molecule is CC(Oc1ccc2c(c1)OCO2)(C(=O)O)C(OC(=O)C(F)(F)F)c1ccc(OCc2ccccc2)cc1. The molecule has 1 aliphatic heterocycles. The van der Waals surface area contributed by atoms with Crippen molar-refractivity contribution < 1.29 is 51.6 Å². The van der Waals surface area contributed by atoms with Gasteiger partial charge in [0.2, 0.25) is 12.4 Å². The average molecular weight is 518 g/mol. The number of benzene rings is 3. The molecule has 0 spiro atoms. The van der Waals surface area contributed by atoms with Crippen LogP contribution < -0.4 is 18.9 Å². The Balaban J connectivity index is 1.63. The van der Waals surface area contributed by atoms with Crippen molar-refractivity contribution in [2.45, 2.75) is 31.4 Å². The van der Waals surface area contributed by atoms with Crippen LogP contribution in [0.2, 0.25) is 0 Å². The molecule has 3 aromatic rings. The average Bonchev–Trinajstić information content (AvgIpc) is 3.34. The Morgan fingerprint density at radius 3 is 2.24 bits per heavy atom. The van der Waals surface area contributed by atoms with Crippen LogP contribution in [0.15, 0.2) is 72.8 Å². The summed E-state index contributed by atoms with van der Waals surface area (Å²) in [6.45, 7) is 1.18. The van der Waals surface area contributed by atoms with E-state index >= 15 is 0 Å². The van der Waals surface area contributed by atoms with E-state index in [1.165, 1.54) is 42.5 Å². The summed E-state index contributed by atoms with van der Waals surface area (Å²) in [6, 6.07) is 18.8. The lowest BCUT2D eigenvalue weighted by Gasteiger charge is -2.34. The molecule has 1 N–H and O–H groups in total. The highest BCUT2D eigenvalue weighted by molar-refractivity contribution is 5.81. The number of hydrogen-bond acceptors (Lipinski definition) is 7. The summed E-state index contributed by atoms with van der Waals surface area (Å²) in [7, 11) is 0. The van der Waals surface area contributed by atoms with Gasteiger partial charge in [-0.15, -0.1) is 0 Å². The van der Waals surface area contributed by atoms with Crippen LogP contribution in [0.4, 0.5) is 13.2 Å². The number of esters is 1. The third-order valence-electron chi connectivity index (χ3n) is 5.49. The number of carboxylic acids is 1. The highest BCUT2D eigenvalue weighted by atomic mass is 19.4. The van der Waals surface area contributed by atoms with E-state index in [9.17, 15) is 27.9 Å². The first-order valence-electron chi connectivity index (χ1n) is 10.9. The first-order chi connectivity index (χ1) is 17.6. The second-order valence-electron chi connectivity index (χ2n) is 8.16. The van der Waals surface area contributed by atoms with E-state index in [2.05, 4.69) is 0 Å². The molecule has 1 aliphatic rings. The van der Waals surface area contributed by atoms with E-state index in [0.717, 1.165) is 12.5 Å². The van der Waals surface area contributed by atoms with Crippen LogP contribution in [-0.2, 0) is 20.9 Å². The fourth-order valence-corrected chi connectivity index (χ4v) is 3.55. The van der Waals surface area contributed by atoms with Gasteiger partial charge in [-0.3, -0.25) is 0 Å². The van der Waals surface area contributed by atoms with Gasteiger partial charge in [0.15, 0.2) is 17.6 Å². The van der Waals surface area contributed by atoms with Gasteiger partial charge < -0.3 is 28.8 Å². The highest BCUT2D eigenvalue weighted by Crippen LogP contribution is 2.40. The van der Waals surface area contributed by atoms with Gasteiger partial charge in [0.05, 0.1) is 0 Å². The Kier molecular flexibility index (Phi) is 7.14. The summed E-state index contributed by atoms with van der Waals surface area (Å²) in [5.74, 6) is -3.28. The van der Waals surface area contributed by atoms with Crippen molar-refractivity contribution >= 4 is 11.9 Å². The topological polar surface area (TPSA) is 101 Å². The minimum Gasteiger partial charge on any atom is -0.489 e. The van der Waals surface area contributed by atoms with E-state index in [1.54, 1.807) is 0 Å². The molecular formula is C26H21F3O8. The molecule has 194 valence electrons. The molecule has 0 aromatic heterocycles. The van der Waals surface area contributed by atoms with Crippen molar-refractivity contribution in [2.75, 3.05) is 6.79 Å². The third-order valence-corrected chi connectivity index (χ3v) is 5.49. The molecular weight excluding hydrogens is 497 g/mol. The van der Waals surface area contributed by atoms with Gasteiger partial charge >= 0.3 is 18.1 Å². The molecule has 0 bridgehead atoms. The van der Waals surface area contributed by atoms with Crippen LogP contribution in [0.1, 0.15) is 24.2 Å². The van der Waals surface area contributed by atoms with Gasteiger partial charge in [-0.05, 0) is 42.3 Å². The Hall–Kier alpha value is -4.41. The predicted octanol–water partition coefficient (Wildman–Crippen LogP) is 5.06. The Morgan fingerprint density at radius 1 is 0.946 bits per heavy atom. The van der Waals surface area contributed by atoms with Crippen LogP contribution in [0.25, 0.3) is 0 Å². The Bertz CT molecular complexity index is 1260. The van der Waals surface area contributed by atoms with Crippen LogP contribution in [0.5, 0.6) is 23.0 Å². The molecule has 8 nitrogen and oxygen atoms in total. The quantitative estimate of drug-likeness (QED) is 0.393. The summed E-state index contributed by atoms with van der Waals surface area (Å²) in [5, 5.41) is 10.0. The second-order valence-corrected chi connectivity index (χ2v) is 8.16. The molecule has 11 heteroatoms. The first-order valence-corrected chi connectivity index (χ1v) is 10.9. The lowest BCUT2D eigenvalue weighted by molar-refractivity contribution is -0.216. The van der Waals surface area contributed by atoms with Crippen molar-refractivity contribution in [1.82, 2.24) is 0 Å². The lowest BCUT2D eigenvalue weighted by Crippen LogP contribution is -2.49. The van der Waals surface area contributed by atoms with Crippen molar-refractivity contribution in [3.05, 3.63) is 83.9 Å². The zero-order chi connectivity index (χ0) is 26.6. The number of carboxylic acid groups (broad SMARTS) is 1. The summed E-state index contributed by atoms with van der Waals surface area (Å²) >= 11 is 0. The number of hydrogen-bond donors (Lipinski definition) is 1. The van der Waals surface area contributed by atoms with Crippen molar-refractivity contribution in [3.8, 4) is 23.0 Å². The number of alkyl halides is 3. The summed E-state index contributed by atoms with van der Waals surface area (Å²) in [6.07, 6.45) is -7.36. The number of ether oxygens (including phenoxy) is 5. The fraction of sp³-hybridized carbons (Fsp3) is 0.231. The van der Waals surface area contributed by atoms with Gasteiger partial charge in [-0.25, -0.2) is 9.59 Å². The zero-order valence-electron chi connectivity index (χ0n) is 19.4. The minimum atomic E-state index is -5.37. The van der Waals surface area contributed by atoms with Crippen LogP contribution in [0, 0.1) is 0 Å². The lowest BCUT2D eigenvalue weighted by atomic mass is 9.92. The summed E-state index contributed by atoms with van der Waals surface area (Å²) in [4.78, 5) is 24.1. The molecule has 0 saturated heterocycles. The number of fused-ring (bicyclic) bond motifs is 1. The molecule has 3 aromatic carbocycles. The number of aliphatic carboxylic acids is 1. The van der Waals surface area contributed by atoms with Crippen molar-refractivity contribution in [2.24, 2.45) is 0 Å². The Morgan fingerprint density at radius 2 is 1.59 bits per heavy atom. The second kappa shape index (κ2) is 10.3. The summed E-state index contributed by atoms with van der Waals surface area (Å²) in [5.41, 5.74) is -1.64. The molecule has 0 saturated carbocycles. The molecule has 4 rings (SSSR count). The maximum Gasteiger partial charge on any atom is 0.490 e. The van der Waals surface area contributed by atoms with Gasteiger partial charge in [0.25, 0.3) is 0 Å². The van der Waals surface area contributed by atoms with Gasteiger partial charge in [0, 0.05) is 6.07 Å². The molecule has 1 heterocycles. The standard InChI is InChI=1S/C26H21F3O8/c1-25(23(30)31,37-19-11-12-20-21(13-19)35-15-34-20)22(36-24(32)26(27,28)29)17-7-9-18(10-8-17)33-14-16-5-3-2-4-6-16/h2-13,22H,14-15H2,1H3,(H,30,31). The van der Waals surface area contributed by atoms with Crippen LogP contribution in [-0.4, -0.2) is 35.6 Å². The van der Waals surface area contributed by atoms with Gasteiger partial charge in [-0.2, -0.15) is 13.2 Å². The molecule has 0 amide bonds. The maximum atomic E-state index is 13.1. The molecule has 0 aliphatic carbocycles. The number of halogens is 3. The normalized spacial score (nSPS) is 14.8. The van der Waals surface area contributed by atoms with E-state index < -0.39 is 29.8 Å². The third kappa shape index (κ3) is 5.88. The molecule has 37 heavy (non-hydrogen) atoms. The van der Waals surface area contributed by atoms with Crippen molar-refractivity contribution in [1.29, 1.82) is 0 Å². The highest BCUT2D eigenvalue weighted by Gasteiger charge is 2.52. The first kappa shape index (κ1) is 25.7. The molecule has 2 atom stereocenters. The maximum absolute atomic E-state index is 13.1. The molecule has 0 fully saturated rings. The number of rotatable bonds is 9. The predicted molar refractivity (Wildman–Crippen MR) is 121 cm³/mol. The molecule has 2 unspecified atom stereocenters. The minimum absolute atomic E-state index is 0.0509. The van der Waals surface area contributed by atoms with E-state index in [1.807, 2.05) is 30.3 Å². The largest absolute Gasteiger partial charge is 0.490 e. The number of carbonyl (C=O) groups is 2. The smallest absolute Gasteiger partial charge is 0.489 e.